The van der Waals surface area contributed by atoms with Crippen molar-refractivity contribution in [3.05, 3.63) is 89.3 Å². The molecule has 0 fully saturated rings. The Morgan fingerprint density at radius 1 is 0.973 bits per heavy atom. The van der Waals surface area contributed by atoms with Gasteiger partial charge in [-0.2, -0.15) is 4.98 Å². The van der Waals surface area contributed by atoms with Crippen molar-refractivity contribution in [2.75, 3.05) is 50.6 Å². The molecule has 7 nitrogen and oxygen atoms in total. The smallest absolute Gasteiger partial charge is 0.229 e. The van der Waals surface area contributed by atoms with Crippen molar-refractivity contribution < 1.29 is 5.11 Å². The van der Waals surface area contributed by atoms with Gasteiger partial charge in [0.2, 0.25) is 5.95 Å². The molecule has 5 rings (SSSR count). The largest absolute Gasteiger partial charge is 0.395 e. The van der Waals surface area contributed by atoms with Crippen molar-refractivity contribution in [3.63, 3.8) is 0 Å². The lowest BCUT2D eigenvalue weighted by atomic mass is 10.0. The quantitative estimate of drug-likeness (QED) is 0.479. The number of benzene rings is 2. The molecule has 0 atom stereocenters. The normalized spacial score (nSPS) is 15.9. The van der Waals surface area contributed by atoms with Gasteiger partial charge in [-0.05, 0) is 55.8 Å². The van der Waals surface area contributed by atoms with Crippen LogP contribution in [0.2, 0.25) is 0 Å². The summed E-state index contributed by atoms with van der Waals surface area (Å²) in [6.07, 6.45) is 6.44. The van der Waals surface area contributed by atoms with Gasteiger partial charge in [0.1, 0.15) is 5.82 Å². The van der Waals surface area contributed by atoms with E-state index in [1.54, 1.807) is 0 Å². The number of anilines is 4. The number of nitrogens with zero attached hydrogens (tertiary/aromatic N) is 5. The van der Waals surface area contributed by atoms with Crippen molar-refractivity contribution >= 4 is 28.7 Å². The van der Waals surface area contributed by atoms with Gasteiger partial charge in [-0.3, -0.25) is 0 Å². The van der Waals surface area contributed by atoms with Crippen molar-refractivity contribution in [1.82, 2.24) is 19.8 Å². The molecule has 7 heteroatoms. The first-order chi connectivity index (χ1) is 18.0. The molecule has 3 heterocycles. The zero-order chi connectivity index (χ0) is 25.8. The van der Waals surface area contributed by atoms with Gasteiger partial charge in [0.15, 0.2) is 0 Å². The fraction of sp³-hybridized carbons (Fsp3) is 0.333. The molecule has 2 N–H and O–H groups in total. The van der Waals surface area contributed by atoms with Crippen LogP contribution < -0.4 is 10.2 Å². The van der Waals surface area contributed by atoms with E-state index in [-0.39, 0.29) is 6.61 Å². The van der Waals surface area contributed by atoms with Crippen LogP contribution in [-0.2, 0) is 13.0 Å². The van der Waals surface area contributed by atoms with E-state index < -0.39 is 0 Å². The fourth-order valence-electron chi connectivity index (χ4n) is 4.94. The number of hydrogen-bond donors (Lipinski definition) is 2. The lowest BCUT2D eigenvalue weighted by Gasteiger charge is -2.31. The van der Waals surface area contributed by atoms with Gasteiger partial charge in [0.05, 0.1) is 12.3 Å². The molecule has 3 aromatic rings. The summed E-state index contributed by atoms with van der Waals surface area (Å²) >= 11 is 0. The van der Waals surface area contributed by atoms with Gasteiger partial charge < -0.3 is 25.1 Å². The maximum absolute atomic E-state index is 9.88. The predicted molar refractivity (Wildman–Crippen MR) is 151 cm³/mol. The van der Waals surface area contributed by atoms with E-state index in [1.165, 1.54) is 16.7 Å². The highest BCUT2D eigenvalue weighted by molar-refractivity contribution is 5.76. The first-order valence-corrected chi connectivity index (χ1v) is 13.0. The number of para-hydroxylation sites is 1. The third kappa shape index (κ3) is 5.84. The van der Waals surface area contributed by atoms with Crippen molar-refractivity contribution in [3.8, 4) is 0 Å². The molecular weight excluding hydrogens is 460 g/mol. The summed E-state index contributed by atoms with van der Waals surface area (Å²) < 4.78 is 0. The second-order valence-corrected chi connectivity index (χ2v) is 10.0. The molecule has 0 aliphatic carbocycles. The molecule has 0 radical (unpaired) electrons. The number of allylic oxidation sites excluding steroid dienone is 2. The SMILES string of the molecule is CC1=CC(c2ccc(Nc3nc4c(c(N(CCO)c5ccccc5)n3)CN(C)CC4)cc2)=CN(C)CC1. The van der Waals surface area contributed by atoms with Crippen LogP contribution in [0.25, 0.3) is 5.57 Å². The van der Waals surface area contributed by atoms with E-state index in [2.05, 4.69) is 89.7 Å². The number of aliphatic hydroxyl groups is 1. The van der Waals surface area contributed by atoms with Gasteiger partial charge in [-0.1, -0.05) is 42.0 Å². The number of rotatable bonds is 7. The monoisotopic (exact) mass is 496 g/mol. The summed E-state index contributed by atoms with van der Waals surface area (Å²) in [5.41, 5.74) is 7.94. The number of aromatic nitrogens is 2. The summed E-state index contributed by atoms with van der Waals surface area (Å²) in [6, 6.07) is 18.6. The molecule has 0 amide bonds. The summed E-state index contributed by atoms with van der Waals surface area (Å²) in [6.45, 7) is 5.47. The first-order valence-electron chi connectivity index (χ1n) is 13.0. The van der Waals surface area contributed by atoms with Gasteiger partial charge >= 0.3 is 0 Å². The summed E-state index contributed by atoms with van der Waals surface area (Å²) in [5, 5.41) is 13.3. The molecule has 0 saturated carbocycles. The number of likely N-dealkylation sites (N-methyl/N-ethyl adjacent to an activating group) is 1. The number of aliphatic hydroxyl groups excluding tert-OH is 1. The lowest BCUT2D eigenvalue weighted by molar-refractivity contribution is 0.302. The second kappa shape index (κ2) is 11.2. The Morgan fingerprint density at radius 3 is 2.51 bits per heavy atom. The summed E-state index contributed by atoms with van der Waals surface area (Å²) in [5.74, 6) is 1.43. The van der Waals surface area contributed by atoms with E-state index >= 15 is 0 Å². The molecule has 2 aliphatic heterocycles. The molecule has 0 spiro atoms. The third-order valence-electron chi connectivity index (χ3n) is 6.97. The van der Waals surface area contributed by atoms with Crippen LogP contribution >= 0.6 is 0 Å². The Hall–Kier alpha value is -3.68. The molecule has 1 aromatic heterocycles. The molecule has 0 bridgehead atoms. The Labute approximate surface area is 219 Å². The van der Waals surface area contributed by atoms with Gasteiger partial charge in [-0.25, -0.2) is 4.98 Å². The van der Waals surface area contributed by atoms with Crippen LogP contribution in [0.1, 0.15) is 30.2 Å². The Kier molecular flexibility index (Phi) is 7.53. The number of hydrogen-bond acceptors (Lipinski definition) is 7. The second-order valence-electron chi connectivity index (χ2n) is 10.0. The van der Waals surface area contributed by atoms with Crippen LogP contribution in [-0.4, -0.2) is 65.2 Å². The average Bonchev–Trinajstić information content (AvgIpc) is 3.08. The van der Waals surface area contributed by atoms with Crippen LogP contribution in [0.5, 0.6) is 0 Å². The lowest BCUT2D eigenvalue weighted by Crippen LogP contribution is -2.32. The van der Waals surface area contributed by atoms with Gasteiger partial charge in [0.25, 0.3) is 0 Å². The Bertz CT molecular complexity index is 1290. The van der Waals surface area contributed by atoms with Crippen molar-refractivity contribution in [2.45, 2.75) is 26.3 Å². The van der Waals surface area contributed by atoms with E-state index in [9.17, 15) is 5.11 Å². The van der Waals surface area contributed by atoms with E-state index in [0.717, 1.165) is 60.9 Å². The molecule has 0 unspecified atom stereocenters. The van der Waals surface area contributed by atoms with Crippen molar-refractivity contribution in [2.24, 2.45) is 0 Å². The Balaban J connectivity index is 1.47. The molecule has 37 heavy (non-hydrogen) atoms. The number of nitrogens with one attached hydrogen (secondary N) is 1. The fourth-order valence-corrected chi connectivity index (χ4v) is 4.94. The summed E-state index contributed by atoms with van der Waals surface area (Å²) in [7, 11) is 4.25. The highest BCUT2D eigenvalue weighted by Gasteiger charge is 2.24. The van der Waals surface area contributed by atoms with Crippen LogP contribution in [0, 0.1) is 0 Å². The molecule has 2 aromatic carbocycles. The topological polar surface area (TPSA) is 67.8 Å². The third-order valence-corrected chi connectivity index (χ3v) is 6.97. The van der Waals surface area contributed by atoms with Gasteiger partial charge in [-0.15, -0.1) is 0 Å². The molecule has 0 saturated heterocycles. The predicted octanol–water partition coefficient (Wildman–Crippen LogP) is 4.96. The maximum Gasteiger partial charge on any atom is 0.229 e. The zero-order valence-electron chi connectivity index (χ0n) is 22.0. The molecule has 2 aliphatic rings. The minimum absolute atomic E-state index is 0.0344. The summed E-state index contributed by atoms with van der Waals surface area (Å²) in [4.78, 5) is 16.5. The van der Waals surface area contributed by atoms with Crippen molar-refractivity contribution in [1.29, 1.82) is 0 Å². The minimum Gasteiger partial charge on any atom is -0.395 e. The highest BCUT2D eigenvalue weighted by Crippen LogP contribution is 2.33. The molecular formula is C30H36N6O. The van der Waals surface area contributed by atoms with Gasteiger partial charge in [0, 0.05) is 62.8 Å². The zero-order valence-corrected chi connectivity index (χ0v) is 22.0. The van der Waals surface area contributed by atoms with E-state index in [0.29, 0.717) is 12.5 Å². The maximum atomic E-state index is 9.88. The standard InChI is InChI=1S/C30H36N6O/c1-22-13-15-34(2)20-24(19-22)23-9-11-25(12-10-23)31-30-32-28-14-16-35(3)21-27(28)29(33-30)36(17-18-37)26-7-5-4-6-8-26/h4-12,19-20,37H,13-18,21H2,1-3H3,(H,31,32,33). The highest BCUT2D eigenvalue weighted by atomic mass is 16.3. The van der Waals surface area contributed by atoms with Crippen LogP contribution in [0.4, 0.5) is 23.1 Å². The van der Waals surface area contributed by atoms with Crippen LogP contribution in [0.3, 0.4) is 0 Å². The van der Waals surface area contributed by atoms with Crippen LogP contribution in [0.15, 0.2) is 72.4 Å². The average molecular weight is 497 g/mol. The first kappa shape index (κ1) is 25.0. The Morgan fingerprint density at radius 2 is 1.76 bits per heavy atom. The van der Waals surface area contributed by atoms with E-state index in [1.807, 2.05) is 18.2 Å². The van der Waals surface area contributed by atoms with E-state index in [4.69, 9.17) is 9.97 Å². The minimum atomic E-state index is 0.0344. The number of fused-ring (bicyclic) bond motifs is 1. The molecule has 192 valence electrons.